The molecule has 0 amide bonds. The van der Waals surface area contributed by atoms with Crippen LogP contribution in [0.4, 0.5) is 13.2 Å². The molecule has 2 heterocycles. The topological polar surface area (TPSA) is 29.0 Å². The number of aryl methyl sites for hydroxylation is 1. The molecule has 1 saturated heterocycles. The van der Waals surface area contributed by atoms with Gasteiger partial charge in [-0.1, -0.05) is 35.2 Å². The highest BCUT2D eigenvalue weighted by molar-refractivity contribution is 8.01. The van der Waals surface area contributed by atoms with Crippen LogP contribution in [-0.4, -0.2) is 40.5 Å². The van der Waals surface area contributed by atoms with Gasteiger partial charge in [-0.15, -0.1) is 10.2 Å². The van der Waals surface area contributed by atoms with E-state index in [1.807, 2.05) is 6.92 Å². The van der Waals surface area contributed by atoms with Gasteiger partial charge in [-0.05, 0) is 49.9 Å². The first-order valence-corrected chi connectivity index (χ1v) is 10.5. The van der Waals surface area contributed by atoms with Crippen molar-refractivity contribution in [1.82, 2.24) is 15.1 Å². The Hall–Kier alpha value is -1.12. The summed E-state index contributed by atoms with van der Waals surface area (Å²) in [5, 5.41) is 9.13. The molecule has 2 aromatic rings. The van der Waals surface area contributed by atoms with Crippen molar-refractivity contribution in [2.24, 2.45) is 5.92 Å². The average Bonchev–Trinajstić information content (AvgIpc) is 2.95. The lowest BCUT2D eigenvalue weighted by Crippen LogP contribution is -2.28. The van der Waals surface area contributed by atoms with Crippen molar-refractivity contribution in [3.8, 4) is 0 Å². The summed E-state index contributed by atoms with van der Waals surface area (Å²) in [6.07, 6.45) is -2.07. The molecule has 26 heavy (non-hydrogen) atoms. The quantitative estimate of drug-likeness (QED) is 0.524. The summed E-state index contributed by atoms with van der Waals surface area (Å²) >= 11 is 3.37. The van der Waals surface area contributed by atoms with E-state index in [0.717, 1.165) is 53.1 Å². The molecule has 8 heteroatoms. The van der Waals surface area contributed by atoms with E-state index in [4.69, 9.17) is 0 Å². The Morgan fingerprint density at radius 2 is 2.04 bits per heavy atom. The number of piperidine rings is 1. The molecule has 0 radical (unpaired) electrons. The van der Waals surface area contributed by atoms with Gasteiger partial charge >= 0.3 is 6.18 Å². The zero-order valence-electron chi connectivity index (χ0n) is 14.4. The van der Waals surface area contributed by atoms with Crippen LogP contribution in [0.2, 0.25) is 0 Å². The highest BCUT2D eigenvalue weighted by Crippen LogP contribution is 2.59. The predicted molar refractivity (Wildman–Crippen MR) is 97.7 cm³/mol. The van der Waals surface area contributed by atoms with E-state index in [2.05, 4.69) is 15.1 Å². The van der Waals surface area contributed by atoms with Crippen LogP contribution in [0.5, 0.6) is 0 Å². The number of hydrogen-bond acceptors (Lipinski definition) is 5. The molecule has 3 nitrogen and oxygen atoms in total. The van der Waals surface area contributed by atoms with Gasteiger partial charge in [0.05, 0.1) is 5.56 Å². The molecule has 0 N–H and O–H groups in total. The van der Waals surface area contributed by atoms with Crippen LogP contribution < -0.4 is 0 Å². The fourth-order valence-corrected chi connectivity index (χ4v) is 5.79. The Labute approximate surface area is 159 Å². The maximum atomic E-state index is 12.7. The fraction of sp³-hybridized carbons (Fsp3) is 0.556. The number of alkyl halides is 3. The Bertz CT molecular complexity index is 775. The van der Waals surface area contributed by atoms with Gasteiger partial charge in [-0.2, -0.15) is 13.2 Å². The van der Waals surface area contributed by atoms with E-state index in [-0.39, 0.29) is 5.41 Å². The molecule has 2 fully saturated rings. The molecule has 1 aromatic carbocycles. The van der Waals surface area contributed by atoms with Crippen LogP contribution in [0, 0.1) is 12.8 Å². The molecule has 1 aromatic heterocycles. The van der Waals surface area contributed by atoms with Crippen LogP contribution in [-0.2, 0) is 11.6 Å². The Kier molecular flexibility index (Phi) is 4.77. The molecule has 140 valence electrons. The number of aromatic nitrogens is 2. The van der Waals surface area contributed by atoms with E-state index in [0.29, 0.717) is 5.92 Å². The number of hydrogen-bond donors (Lipinski definition) is 0. The lowest BCUT2D eigenvalue weighted by molar-refractivity contribution is -0.137. The Balaban J connectivity index is 1.28. The normalized spacial score (nSPS) is 25.5. The SMILES string of the molecule is Cc1nnc(SCCCN2C[C@@H]3C[C@]3(c3ccc(C(F)(F)F)cc3)C2)s1. The molecular formula is C18H20F3N3S2. The number of likely N-dealkylation sites (tertiary alicyclic amines) is 1. The number of halogens is 3. The van der Waals surface area contributed by atoms with Crippen LogP contribution >= 0.6 is 23.1 Å². The first-order valence-electron chi connectivity index (χ1n) is 8.70. The van der Waals surface area contributed by atoms with Gasteiger partial charge in [-0.25, -0.2) is 0 Å². The third-order valence-corrected chi connectivity index (χ3v) is 7.41. The first-order chi connectivity index (χ1) is 12.4. The lowest BCUT2D eigenvalue weighted by atomic mass is 9.94. The van der Waals surface area contributed by atoms with Crippen LogP contribution in [0.1, 0.15) is 29.0 Å². The molecule has 0 spiro atoms. The van der Waals surface area contributed by atoms with Crippen molar-refractivity contribution in [3.63, 3.8) is 0 Å². The predicted octanol–water partition coefficient (Wildman–Crippen LogP) is 4.62. The molecule has 0 bridgehead atoms. The minimum atomic E-state index is -4.26. The number of thioether (sulfide) groups is 1. The lowest BCUT2D eigenvalue weighted by Gasteiger charge is -2.21. The Morgan fingerprint density at radius 1 is 1.27 bits per heavy atom. The Morgan fingerprint density at radius 3 is 2.69 bits per heavy atom. The zero-order chi connectivity index (χ0) is 18.4. The second kappa shape index (κ2) is 6.80. The van der Waals surface area contributed by atoms with Crippen molar-refractivity contribution in [1.29, 1.82) is 0 Å². The monoisotopic (exact) mass is 399 g/mol. The number of fused-ring (bicyclic) bond motifs is 1. The van der Waals surface area contributed by atoms with Gasteiger partial charge in [-0.3, -0.25) is 0 Å². The average molecular weight is 400 g/mol. The summed E-state index contributed by atoms with van der Waals surface area (Å²) in [6.45, 7) is 5.01. The number of nitrogens with zero attached hydrogens (tertiary/aromatic N) is 3. The van der Waals surface area contributed by atoms with E-state index in [1.165, 1.54) is 12.1 Å². The molecule has 2 aliphatic rings. The van der Waals surface area contributed by atoms with Crippen molar-refractivity contribution in [2.75, 3.05) is 25.4 Å². The standard InChI is InChI=1S/C18H20F3N3S2/c1-12-22-23-16(26-12)25-8-2-7-24-10-15-9-17(15,11-24)13-3-5-14(6-4-13)18(19,20)21/h3-6,15H,2,7-11H2,1H3/t15-,17+/m0/s1. The largest absolute Gasteiger partial charge is 0.416 e. The molecular weight excluding hydrogens is 379 g/mol. The fourth-order valence-electron chi connectivity index (χ4n) is 3.98. The number of benzene rings is 1. The summed E-state index contributed by atoms with van der Waals surface area (Å²) in [5.74, 6) is 1.61. The van der Waals surface area contributed by atoms with E-state index < -0.39 is 11.7 Å². The third-order valence-electron chi connectivity index (χ3n) is 5.36. The number of rotatable bonds is 6. The maximum absolute atomic E-state index is 12.7. The minimum Gasteiger partial charge on any atom is -0.302 e. The molecule has 4 rings (SSSR count). The van der Waals surface area contributed by atoms with Gasteiger partial charge in [0.2, 0.25) is 0 Å². The third kappa shape index (κ3) is 3.64. The molecule has 1 aliphatic carbocycles. The minimum absolute atomic E-state index is 0.0909. The van der Waals surface area contributed by atoms with Gasteiger partial charge in [0.25, 0.3) is 0 Å². The molecule has 1 saturated carbocycles. The van der Waals surface area contributed by atoms with Crippen LogP contribution in [0.3, 0.4) is 0 Å². The van der Waals surface area contributed by atoms with Gasteiger partial charge in [0.1, 0.15) is 5.01 Å². The van der Waals surface area contributed by atoms with Gasteiger partial charge < -0.3 is 4.90 Å². The highest BCUT2D eigenvalue weighted by Gasteiger charge is 2.60. The van der Waals surface area contributed by atoms with Gasteiger partial charge in [0, 0.05) is 24.3 Å². The highest BCUT2D eigenvalue weighted by atomic mass is 32.2. The van der Waals surface area contributed by atoms with Crippen LogP contribution in [0.15, 0.2) is 28.6 Å². The summed E-state index contributed by atoms with van der Waals surface area (Å²) in [7, 11) is 0. The van der Waals surface area contributed by atoms with E-state index in [9.17, 15) is 13.2 Å². The summed E-state index contributed by atoms with van der Waals surface area (Å²) in [4.78, 5) is 2.46. The first kappa shape index (κ1) is 18.3. The second-order valence-electron chi connectivity index (χ2n) is 7.16. The van der Waals surface area contributed by atoms with Crippen molar-refractivity contribution in [2.45, 2.75) is 35.7 Å². The molecule has 2 atom stereocenters. The van der Waals surface area contributed by atoms with Crippen molar-refractivity contribution in [3.05, 3.63) is 40.4 Å². The second-order valence-corrected chi connectivity index (χ2v) is 9.68. The van der Waals surface area contributed by atoms with Crippen molar-refractivity contribution < 1.29 is 13.2 Å². The molecule has 0 unspecified atom stereocenters. The summed E-state index contributed by atoms with van der Waals surface area (Å²) < 4.78 is 39.3. The molecule has 1 aliphatic heterocycles. The zero-order valence-corrected chi connectivity index (χ0v) is 16.1. The van der Waals surface area contributed by atoms with Gasteiger partial charge in [0.15, 0.2) is 4.34 Å². The van der Waals surface area contributed by atoms with E-state index in [1.54, 1.807) is 35.2 Å². The van der Waals surface area contributed by atoms with Crippen LogP contribution in [0.25, 0.3) is 0 Å². The summed E-state index contributed by atoms with van der Waals surface area (Å²) in [5.41, 5.74) is 0.596. The van der Waals surface area contributed by atoms with E-state index >= 15 is 0 Å². The summed E-state index contributed by atoms with van der Waals surface area (Å²) in [6, 6.07) is 5.81. The smallest absolute Gasteiger partial charge is 0.302 e. The van der Waals surface area contributed by atoms with Crippen molar-refractivity contribution >= 4 is 23.1 Å². The maximum Gasteiger partial charge on any atom is 0.416 e.